The molecule has 1 atom stereocenters. The first-order chi connectivity index (χ1) is 14.0. The summed E-state index contributed by atoms with van der Waals surface area (Å²) in [5.74, 6) is 1.30. The standard InChI is InChI=1S/C22H24N4O3/c1-15-7-8-21(23-13-15)29-18-9-10-26(14-18)22(27)20-12-19(24-25(20)2)16-5-4-6-17(11-16)28-3/h4-8,11-13,18H,9-10,14H2,1-3H3. The maximum absolute atomic E-state index is 13.0. The smallest absolute Gasteiger partial charge is 0.272 e. The summed E-state index contributed by atoms with van der Waals surface area (Å²) in [7, 11) is 3.42. The van der Waals surface area contributed by atoms with E-state index in [9.17, 15) is 4.79 Å². The van der Waals surface area contributed by atoms with E-state index in [4.69, 9.17) is 9.47 Å². The Morgan fingerprint density at radius 3 is 2.83 bits per heavy atom. The van der Waals surface area contributed by atoms with Crippen LogP contribution in [0, 0.1) is 6.92 Å². The predicted octanol–water partition coefficient (Wildman–Crippen LogP) is 3.09. The van der Waals surface area contributed by atoms with Crippen LogP contribution in [0.4, 0.5) is 0 Å². The summed E-state index contributed by atoms with van der Waals surface area (Å²) in [5, 5.41) is 4.52. The van der Waals surface area contributed by atoms with Crippen molar-refractivity contribution in [2.75, 3.05) is 20.2 Å². The molecule has 0 spiro atoms. The Hall–Kier alpha value is -3.35. The van der Waals surface area contributed by atoms with Crippen molar-refractivity contribution in [3.8, 4) is 22.9 Å². The minimum absolute atomic E-state index is 0.0443. The van der Waals surface area contributed by atoms with Crippen LogP contribution in [0.15, 0.2) is 48.7 Å². The molecule has 29 heavy (non-hydrogen) atoms. The fourth-order valence-electron chi connectivity index (χ4n) is 3.46. The van der Waals surface area contributed by atoms with Gasteiger partial charge in [0, 0.05) is 37.8 Å². The Bertz CT molecular complexity index is 1010. The van der Waals surface area contributed by atoms with Crippen molar-refractivity contribution in [1.82, 2.24) is 19.7 Å². The first-order valence-corrected chi connectivity index (χ1v) is 9.60. The summed E-state index contributed by atoms with van der Waals surface area (Å²) in [6, 6.07) is 13.3. The van der Waals surface area contributed by atoms with E-state index < -0.39 is 0 Å². The highest BCUT2D eigenvalue weighted by molar-refractivity contribution is 5.94. The van der Waals surface area contributed by atoms with Crippen LogP contribution >= 0.6 is 0 Å². The summed E-state index contributed by atoms with van der Waals surface area (Å²) < 4.78 is 12.8. The molecule has 2 aromatic heterocycles. The van der Waals surface area contributed by atoms with Crippen LogP contribution in [0.5, 0.6) is 11.6 Å². The van der Waals surface area contributed by atoms with Gasteiger partial charge >= 0.3 is 0 Å². The minimum atomic E-state index is -0.0553. The number of aryl methyl sites for hydroxylation is 2. The Morgan fingerprint density at radius 2 is 2.07 bits per heavy atom. The largest absolute Gasteiger partial charge is 0.497 e. The maximum Gasteiger partial charge on any atom is 0.272 e. The second-order valence-electron chi connectivity index (χ2n) is 7.22. The molecule has 1 aliphatic heterocycles. The molecule has 0 saturated carbocycles. The molecule has 3 heterocycles. The van der Waals surface area contributed by atoms with E-state index in [0.717, 1.165) is 29.0 Å². The molecule has 1 amide bonds. The summed E-state index contributed by atoms with van der Waals surface area (Å²) in [6.45, 7) is 3.17. The SMILES string of the molecule is COc1cccc(-c2cc(C(=O)N3CCC(Oc4ccc(C)cn4)C3)n(C)n2)c1. The van der Waals surface area contributed by atoms with Gasteiger partial charge in [-0.3, -0.25) is 9.48 Å². The first-order valence-electron chi connectivity index (χ1n) is 9.60. The van der Waals surface area contributed by atoms with Crippen LogP contribution in [0.1, 0.15) is 22.5 Å². The molecule has 4 rings (SSSR count). The number of aromatic nitrogens is 3. The third-order valence-electron chi connectivity index (χ3n) is 5.07. The molecule has 1 aromatic carbocycles. The van der Waals surface area contributed by atoms with Crippen LogP contribution in [-0.2, 0) is 7.05 Å². The highest BCUT2D eigenvalue weighted by atomic mass is 16.5. The molecule has 1 aliphatic rings. The molecule has 1 fully saturated rings. The van der Waals surface area contributed by atoms with Gasteiger partial charge in [-0.1, -0.05) is 18.2 Å². The fraction of sp³-hybridized carbons (Fsp3) is 0.318. The Balaban J connectivity index is 1.46. The van der Waals surface area contributed by atoms with Gasteiger partial charge in [0.25, 0.3) is 5.91 Å². The zero-order valence-corrected chi connectivity index (χ0v) is 16.8. The van der Waals surface area contributed by atoms with Gasteiger partial charge < -0.3 is 14.4 Å². The Labute approximate surface area is 169 Å². The number of methoxy groups -OCH3 is 1. The van der Waals surface area contributed by atoms with Gasteiger partial charge in [0.1, 0.15) is 17.5 Å². The van der Waals surface area contributed by atoms with Gasteiger partial charge in [0.2, 0.25) is 5.88 Å². The van der Waals surface area contributed by atoms with Crippen molar-refractivity contribution in [2.24, 2.45) is 7.05 Å². The maximum atomic E-state index is 13.0. The molecule has 1 unspecified atom stereocenters. The van der Waals surface area contributed by atoms with Gasteiger partial charge in [0.05, 0.1) is 19.3 Å². The first kappa shape index (κ1) is 19.0. The van der Waals surface area contributed by atoms with Crippen molar-refractivity contribution in [2.45, 2.75) is 19.4 Å². The highest BCUT2D eigenvalue weighted by Crippen LogP contribution is 2.25. The van der Waals surface area contributed by atoms with E-state index in [0.29, 0.717) is 24.7 Å². The van der Waals surface area contributed by atoms with Crippen LogP contribution in [-0.4, -0.2) is 51.9 Å². The minimum Gasteiger partial charge on any atom is -0.497 e. The molecule has 0 radical (unpaired) electrons. The Morgan fingerprint density at radius 1 is 1.21 bits per heavy atom. The molecule has 150 valence electrons. The lowest BCUT2D eigenvalue weighted by Gasteiger charge is -2.17. The zero-order chi connectivity index (χ0) is 20.4. The lowest BCUT2D eigenvalue weighted by atomic mass is 10.1. The Kier molecular flexibility index (Phi) is 5.20. The molecular formula is C22H24N4O3. The summed E-state index contributed by atoms with van der Waals surface area (Å²) in [6.07, 6.45) is 2.51. The molecule has 0 bridgehead atoms. The average molecular weight is 392 g/mol. The van der Waals surface area contributed by atoms with Crippen molar-refractivity contribution in [3.05, 3.63) is 59.9 Å². The number of pyridine rings is 1. The molecule has 3 aromatic rings. The van der Waals surface area contributed by atoms with Gasteiger partial charge in [-0.15, -0.1) is 0 Å². The van der Waals surface area contributed by atoms with E-state index in [2.05, 4.69) is 10.1 Å². The highest BCUT2D eigenvalue weighted by Gasteiger charge is 2.30. The van der Waals surface area contributed by atoms with Crippen molar-refractivity contribution in [3.63, 3.8) is 0 Å². The summed E-state index contributed by atoms with van der Waals surface area (Å²) in [4.78, 5) is 19.1. The summed E-state index contributed by atoms with van der Waals surface area (Å²) >= 11 is 0. The van der Waals surface area contributed by atoms with E-state index in [1.54, 1.807) is 25.0 Å². The van der Waals surface area contributed by atoms with Gasteiger partial charge in [-0.2, -0.15) is 5.10 Å². The average Bonchev–Trinajstić information content (AvgIpc) is 3.36. The normalized spacial score (nSPS) is 16.1. The molecule has 0 N–H and O–H groups in total. The van der Waals surface area contributed by atoms with E-state index in [1.807, 2.05) is 54.3 Å². The summed E-state index contributed by atoms with van der Waals surface area (Å²) in [5.41, 5.74) is 3.29. The molecular weight excluding hydrogens is 368 g/mol. The topological polar surface area (TPSA) is 69.5 Å². The number of likely N-dealkylation sites (tertiary alicyclic amines) is 1. The quantitative estimate of drug-likeness (QED) is 0.667. The number of carbonyl (C=O) groups is 1. The van der Waals surface area contributed by atoms with Gasteiger partial charge in [-0.05, 0) is 30.7 Å². The third kappa shape index (κ3) is 4.08. The second-order valence-corrected chi connectivity index (χ2v) is 7.22. The number of benzene rings is 1. The van der Waals surface area contributed by atoms with Gasteiger partial charge in [-0.25, -0.2) is 4.98 Å². The predicted molar refractivity (Wildman–Crippen MR) is 109 cm³/mol. The number of nitrogens with zero attached hydrogens (tertiary/aromatic N) is 4. The number of hydrogen-bond acceptors (Lipinski definition) is 5. The number of rotatable bonds is 5. The molecule has 1 saturated heterocycles. The molecule has 7 nitrogen and oxygen atoms in total. The van der Waals surface area contributed by atoms with Crippen LogP contribution in [0.2, 0.25) is 0 Å². The lowest BCUT2D eigenvalue weighted by Crippen LogP contribution is -2.32. The van der Waals surface area contributed by atoms with E-state index in [-0.39, 0.29) is 12.0 Å². The monoisotopic (exact) mass is 392 g/mol. The van der Waals surface area contributed by atoms with Crippen molar-refractivity contribution < 1.29 is 14.3 Å². The van der Waals surface area contributed by atoms with Crippen molar-refractivity contribution >= 4 is 5.91 Å². The van der Waals surface area contributed by atoms with Gasteiger partial charge in [0.15, 0.2) is 0 Å². The number of ether oxygens (including phenoxy) is 2. The fourth-order valence-corrected chi connectivity index (χ4v) is 3.46. The lowest BCUT2D eigenvalue weighted by molar-refractivity contribution is 0.0760. The van der Waals surface area contributed by atoms with E-state index in [1.165, 1.54) is 0 Å². The zero-order valence-electron chi connectivity index (χ0n) is 16.8. The van der Waals surface area contributed by atoms with Crippen molar-refractivity contribution in [1.29, 1.82) is 0 Å². The number of carbonyl (C=O) groups excluding carboxylic acids is 1. The number of hydrogen-bond donors (Lipinski definition) is 0. The third-order valence-corrected chi connectivity index (χ3v) is 5.07. The number of amides is 1. The second kappa shape index (κ2) is 7.95. The van der Waals surface area contributed by atoms with E-state index >= 15 is 0 Å². The molecule has 7 heteroatoms. The van der Waals surface area contributed by atoms with Crippen LogP contribution < -0.4 is 9.47 Å². The molecule has 0 aliphatic carbocycles. The van der Waals surface area contributed by atoms with Crippen LogP contribution in [0.25, 0.3) is 11.3 Å². The van der Waals surface area contributed by atoms with Crippen LogP contribution in [0.3, 0.4) is 0 Å².